The monoisotopic (exact) mass is 347 g/mol. The van der Waals surface area contributed by atoms with Gasteiger partial charge in [-0.05, 0) is 56.2 Å². The second-order valence-electron chi connectivity index (χ2n) is 7.54. The van der Waals surface area contributed by atoms with E-state index in [1.165, 1.54) is 12.0 Å². The second kappa shape index (κ2) is 8.70. The Bertz CT molecular complexity index is 549. The molecule has 1 aliphatic rings. The minimum absolute atomic E-state index is 0.105. The average molecular weight is 347 g/mol. The molecule has 1 aromatic carbocycles. The normalized spacial score (nSPS) is 18.3. The molecule has 1 aromatic rings. The lowest BCUT2D eigenvalue weighted by Crippen LogP contribution is -2.50. The van der Waals surface area contributed by atoms with Crippen molar-refractivity contribution in [2.24, 2.45) is 11.7 Å². The summed E-state index contributed by atoms with van der Waals surface area (Å²) in [6.07, 6.45) is 4.63. The first-order chi connectivity index (χ1) is 11.9. The van der Waals surface area contributed by atoms with Gasteiger partial charge in [-0.25, -0.2) is 4.79 Å². The maximum Gasteiger partial charge on any atom is 0.347 e. The molecule has 0 aromatic heterocycles. The predicted octanol–water partition coefficient (Wildman–Crippen LogP) is 4.20. The lowest BCUT2D eigenvalue weighted by Gasteiger charge is -2.47. The van der Waals surface area contributed by atoms with Gasteiger partial charge in [-0.15, -0.1) is 0 Å². The summed E-state index contributed by atoms with van der Waals surface area (Å²) < 4.78 is 10.9. The Morgan fingerprint density at radius 1 is 1.20 bits per heavy atom. The van der Waals surface area contributed by atoms with E-state index in [-0.39, 0.29) is 17.4 Å². The highest BCUT2D eigenvalue weighted by molar-refractivity contribution is 5.75. The van der Waals surface area contributed by atoms with E-state index in [1.807, 2.05) is 19.1 Å². The van der Waals surface area contributed by atoms with Crippen molar-refractivity contribution in [2.45, 2.75) is 77.4 Å². The Morgan fingerprint density at radius 2 is 1.84 bits per heavy atom. The predicted molar refractivity (Wildman–Crippen MR) is 101 cm³/mol. The molecule has 1 fully saturated rings. The molecule has 1 saturated carbocycles. The number of esters is 1. The van der Waals surface area contributed by atoms with Gasteiger partial charge in [0.15, 0.2) is 6.10 Å². The highest BCUT2D eigenvalue weighted by atomic mass is 16.6. The molecule has 0 aliphatic heterocycles. The van der Waals surface area contributed by atoms with Gasteiger partial charge in [-0.2, -0.15) is 0 Å². The third-order valence-electron chi connectivity index (χ3n) is 5.31. The largest absolute Gasteiger partial charge is 0.479 e. The van der Waals surface area contributed by atoms with E-state index in [0.717, 1.165) is 19.3 Å². The molecule has 0 bridgehead atoms. The molecule has 0 heterocycles. The SMILES string of the molecule is CCOC(=O)C(CC)Oc1ccc(C2(C(N)CC(C)C)CCC2)cc1. The zero-order valence-electron chi connectivity index (χ0n) is 16.1. The zero-order valence-corrected chi connectivity index (χ0v) is 16.1. The lowest BCUT2D eigenvalue weighted by atomic mass is 9.59. The summed E-state index contributed by atoms with van der Waals surface area (Å²) in [6.45, 7) is 8.54. The number of carbonyl (C=O) groups is 1. The Hall–Kier alpha value is -1.55. The Balaban J connectivity index is 2.09. The van der Waals surface area contributed by atoms with Gasteiger partial charge < -0.3 is 15.2 Å². The minimum atomic E-state index is -0.549. The molecule has 140 valence electrons. The number of hydrogen-bond acceptors (Lipinski definition) is 4. The maximum atomic E-state index is 11.9. The first kappa shape index (κ1) is 19.8. The van der Waals surface area contributed by atoms with E-state index in [1.54, 1.807) is 6.92 Å². The number of rotatable bonds is 9. The fourth-order valence-corrected chi connectivity index (χ4v) is 3.73. The molecule has 2 rings (SSSR count). The van der Waals surface area contributed by atoms with Crippen molar-refractivity contribution < 1.29 is 14.3 Å². The van der Waals surface area contributed by atoms with Crippen molar-refractivity contribution in [3.63, 3.8) is 0 Å². The third kappa shape index (κ3) is 4.55. The van der Waals surface area contributed by atoms with Crippen molar-refractivity contribution in [3.8, 4) is 5.75 Å². The van der Waals surface area contributed by atoms with Crippen molar-refractivity contribution in [2.75, 3.05) is 6.61 Å². The molecule has 2 unspecified atom stereocenters. The molecular weight excluding hydrogens is 314 g/mol. The zero-order chi connectivity index (χ0) is 18.4. The molecule has 0 radical (unpaired) electrons. The van der Waals surface area contributed by atoms with Gasteiger partial charge in [0, 0.05) is 11.5 Å². The second-order valence-corrected chi connectivity index (χ2v) is 7.54. The number of benzene rings is 1. The van der Waals surface area contributed by atoms with Crippen molar-refractivity contribution in [1.82, 2.24) is 0 Å². The van der Waals surface area contributed by atoms with E-state index in [4.69, 9.17) is 15.2 Å². The van der Waals surface area contributed by atoms with Crippen LogP contribution in [0.1, 0.15) is 65.4 Å². The van der Waals surface area contributed by atoms with Gasteiger partial charge >= 0.3 is 5.97 Å². The fourth-order valence-electron chi connectivity index (χ4n) is 3.73. The van der Waals surface area contributed by atoms with Crippen LogP contribution in [0.25, 0.3) is 0 Å². The summed E-state index contributed by atoms with van der Waals surface area (Å²) in [7, 11) is 0. The van der Waals surface area contributed by atoms with Crippen LogP contribution in [0.15, 0.2) is 24.3 Å². The first-order valence-corrected chi connectivity index (χ1v) is 9.62. The van der Waals surface area contributed by atoms with Crippen LogP contribution in [0.2, 0.25) is 0 Å². The van der Waals surface area contributed by atoms with Gasteiger partial charge in [-0.3, -0.25) is 0 Å². The van der Waals surface area contributed by atoms with E-state index in [0.29, 0.717) is 24.7 Å². The molecule has 2 atom stereocenters. The molecule has 1 aliphatic carbocycles. The van der Waals surface area contributed by atoms with Crippen LogP contribution in [0.3, 0.4) is 0 Å². The fraction of sp³-hybridized carbons (Fsp3) is 0.667. The molecule has 0 spiro atoms. The van der Waals surface area contributed by atoms with Crippen LogP contribution >= 0.6 is 0 Å². The maximum absolute atomic E-state index is 11.9. The summed E-state index contributed by atoms with van der Waals surface area (Å²) in [5.41, 5.74) is 7.97. The molecule has 0 amide bonds. The van der Waals surface area contributed by atoms with Crippen LogP contribution in [-0.2, 0) is 14.9 Å². The summed E-state index contributed by atoms with van der Waals surface area (Å²) in [4.78, 5) is 11.9. The van der Waals surface area contributed by atoms with Gasteiger partial charge in [0.2, 0.25) is 0 Å². The quantitative estimate of drug-likeness (QED) is 0.680. The smallest absolute Gasteiger partial charge is 0.347 e. The summed E-state index contributed by atoms with van der Waals surface area (Å²) in [5, 5.41) is 0. The van der Waals surface area contributed by atoms with Crippen LogP contribution in [0, 0.1) is 5.92 Å². The molecule has 4 nitrogen and oxygen atoms in total. The summed E-state index contributed by atoms with van der Waals surface area (Å²) in [6, 6.07) is 8.34. The lowest BCUT2D eigenvalue weighted by molar-refractivity contribution is -0.151. The highest BCUT2D eigenvalue weighted by Crippen LogP contribution is 2.47. The van der Waals surface area contributed by atoms with Crippen molar-refractivity contribution in [3.05, 3.63) is 29.8 Å². The molecule has 0 saturated heterocycles. The van der Waals surface area contributed by atoms with Gasteiger partial charge in [0.25, 0.3) is 0 Å². The Labute approximate surface area is 152 Å². The molecule has 2 N–H and O–H groups in total. The highest BCUT2D eigenvalue weighted by Gasteiger charge is 2.43. The number of hydrogen-bond donors (Lipinski definition) is 1. The van der Waals surface area contributed by atoms with E-state index in [2.05, 4.69) is 26.0 Å². The van der Waals surface area contributed by atoms with Crippen LogP contribution in [0.4, 0.5) is 0 Å². The molecule has 4 heteroatoms. The van der Waals surface area contributed by atoms with Crippen LogP contribution in [0.5, 0.6) is 5.75 Å². The Kier molecular flexibility index (Phi) is 6.88. The van der Waals surface area contributed by atoms with E-state index >= 15 is 0 Å². The van der Waals surface area contributed by atoms with Crippen LogP contribution < -0.4 is 10.5 Å². The van der Waals surface area contributed by atoms with Gasteiger partial charge in [-0.1, -0.05) is 39.3 Å². The number of ether oxygens (including phenoxy) is 2. The van der Waals surface area contributed by atoms with Crippen molar-refractivity contribution >= 4 is 5.97 Å². The summed E-state index contributed by atoms with van der Waals surface area (Å²) >= 11 is 0. The van der Waals surface area contributed by atoms with Crippen molar-refractivity contribution in [1.29, 1.82) is 0 Å². The van der Waals surface area contributed by atoms with Gasteiger partial charge in [0.05, 0.1) is 6.61 Å². The molecular formula is C21H33NO3. The van der Waals surface area contributed by atoms with E-state index in [9.17, 15) is 4.79 Å². The standard InChI is InChI=1S/C21H33NO3/c1-5-18(20(23)24-6-2)25-17-10-8-16(9-11-17)21(12-7-13-21)19(22)14-15(3)4/h8-11,15,18-19H,5-7,12-14,22H2,1-4H3. The van der Waals surface area contributed by atoms with Gasteiger partial charge in [0.1, 0.15) is 5.75 Å². The molecule has 25 heavy (non-hydrogen) atoms. The minimum Gasteiger partial charge on any atom is -0.479 e. The van der Waals surface area contributed by atoms with Crippen LogP contribution in [-0.4, -0.2) is 24.7 Å². The average Bonchev–Trinajstić information content (AvgIpc) is 2.52. The topological polar surface area (TPSA) is 61.5 Å². The third-order valence-corrected chi connectivity index (χ3v) is 5.31. The number of carbonyl (C=O) groups excluding carboxylic acids is 1. The number of nitrogens with two attached hydrogens (primary N) is 1. The summed E-state index contributed by atoms with van der Waals surface area (Å²) in [5.74, 6) is 1.00. The van der Waals surface area contributed by atoms with E-state index < -0.39 is 6.10 Å². The first-order valence-electron chi connectivity index (χ1n) is 9.62. The Morgan fingerprint density at radius 3 is 2.28 bits per heavy atom.